The summed E-state index contributed by atoms with van der Waals surface area (Å²) < 4.78 is 5.11. The molecule has 0 saturated carbocycles. The molecule has 2 amide bonds. The Morgan fingerprint density at radius 2 is 2.12 bits per heavy atom. The second-order valence-electron chi connectivity index (χ2n) is 6.20. The van der Waals surface area contributed by atoms with Gasteiger partial charge in [0.05, 0.1) is 12.8 Å². The third kappa shape index (κ3) is 4.17. The van der Waals surface area contributed by atoms with Crippen molar-refractivity contribution in [3.63, 3.8) is 0 Å². The molecule has 0 bridgehead atoms. The van der Waals surface area contributed by atoms with E-state index in [1.165, 1.54) is 6.07 Å². The summed E-state index contributed by atoms with van der Waals surface area (Å²) in [7, 11) is 1.60. The lowest BCUT2D eigenvalue weighted by atomic mass is 9.94. The first-order valence-corrected chi connectivity index (χ1v) is 8.33. The fourth-order valence-corrected chi connectivity index (χ4v) is 3.09. The van der Waals surface area contributed by atoms with Crippen molar-refractivity contribution >= 4 is 11.7 Å². The van der Waals surface area contributed by atoms with Gasteiger partial charge >= 0.3 is 6.03 Å². The minimum absolute atomic E-state index is 0.0800. The molecule has 1 aliphatic rings. The highest BCUT2D eigenvalue weighted by Crippen LogP contribution is 2.25. The van der Waals surface area contributed by atoms with Crippen LogP contribution in [0.15, 0.2) is 35.1 Å². The van der Waals surface area contributed by atoms with Gasteiger partial charge in [0.25, 0.3) is 5.56 Å². The maximum atomic E-state index is 12.5. The van der Waals surface area contributed by atoms with Crippen molar-refractivity contribution in [3.8, 4) is 5.75 Å². The zero-order chi connectivity index (χ0) is 17.8. The van der Waals surface area contributed by atoms with Crippen LogP contribution < -0.4 is 15.6 Å². The molecule has 1 atom stereocenters. The van der Waals surface area contributed by atoms with E-state index in [0.717, 1.165) is 30.0 Å². The van der Waals surface area contributed by atoms with E-state index in [4.69, 9.17) is 4.74 Å². The number of aryl methyl sites for hydroxylation is 1. The SMILES string of the molecule is COc1ccc(NC(=O)N2CCC[C@@H](c3cc(=O)[nH]c(C)n3)C2)cc1. The summed E-state index contributed by atoms with van der Waals surface area (Å²) in [5.41, 5.74) is 1.32. The number of carbonyl (C=O) groups excluding carboxylic acids is 1. The van der Waals surface area contributed by atoms with Crippen molar-refractivity contribution in [1.29, 1.82) is 0 Å². The Kier molecular flexibility index (Phi) is 5.02. The van der Waals surface area contributed by atoms with Crippen molar-refractivity contribution in [1.82, 2.24) is 14.9 Å². The predicted molar refractivity (Wildman–Crippen MR) is 95.2 cm³/mol. The van der Waals surface area contributed by atoms with Gasteiger partial charge in [0.1, 0.15) is 11.6 Å². The molecule has 1 aromatic carbocycles. The van der Waals surface area contributed by atoms with E-state index >= 15 is 0 Å². The number of aromatic nitrogens is 2. The Balaban J connectivity index is 1.67. The lowest BCUT2D eigenvalue weighted by Crippen LogP contribution is -2.42. The fraction of sp³-hybridized carbons (Fsp3) is 0.389. The lowest BCUT2D eigenvalue weighted by Gasteiger charge is -2.32. The van der Waals surface area contributed by atoms with E-state index in [1.54, 1.807) is 43.2 Å². The molecule has 7 nitrogen and oxygen atoms in total. The van der Waals surface area contributed by atoms with Crippen LogP contribution in [0.25, 0.3) is 0 Å². The average molecular weight is 342 g/mol. The summed E-state index contributed by atoms with van der Waals surface area (Å²) in [6.45, 7) is 3.01. The van der Waals surface area contributed by atoms with Gasteiger partial charge < -0.3 is 19.9 Å². The molecule has 2 N–H and O–H groups in total. The molecule has 7 heteroatoms. The third-order valence-electron chi connectivity index (χ3n) is 4.35. The molecule has 25 heavy (non-hydrogen) atoms. The zero-order valence-electron chi connectivity index (χ0n) is 14.4. The van der Waals surface area contributed by atoms with Crippen molar-refractivity contribution in [2.75, 3.05) is 25.5 Å². The molecule has 1 saturated heterocycles. The Morgan fingerprint density at radius 3 is 2.80 bits per heavy atom. The molecule has 1 aliphatic heterocycles. The van der Waals surface area contributed by atoms with Gasteiger partial charge in [-0.1, -0.05) is 0 Å². The minimum atomic E-state index is -0.151. The summed E-state index contributed by atoms with van der Waals surface area (Å²) in [6.07, 6.45) is 1.80. The fourth-order valence-electron chi connectivity index (χ4n) is 3.09. The molecule has 132 valence electrons. The van der Waals surface area contributed by atoms with Gasteiger partial charge in [0.15, 0.2) is 0 Å². The number of anilines is 1. The van der Waals surface area contributed by atoms with Gasteiger partial charge in [-0.3, -0.25) is 4.79 Å². The summed E-state index contributed by atoms with van der Waals surface area (Å²) in [5.74, 6) is 1.42. The number of carbonyl (C=O) groups is 1. The quantitative estimate of drug-likeness (QED) is 0.897. The second kappa shape index (κ2) is 7.38. The van der Waals surface area contributed by atoms with Crippen LogP contribution >= 0.6 is 0 Å². The summed E-state index contributed by atoms with van der Waals surface area (Å²) >= 11 is 0. The summed E-state index contributed by atoms with van der Waals surface area (Å²) in [6, 6.07) is 8.61. The van der Waals surface area contributed by atoms with Gasteiger partial charge in [0, 0.05) is 30.8 Å². The van der Waals surface area contributed by atoms with Crippen molar-refractivity contribution in [2.24, 2.45) is 0 Å². The van der Waals surface area contributed by atoms with Crippen LogP contribution in [-0.2, 0) is 0 Å². The van der Waals surface area contributed by atoms with Crippen LogP contribution in [0.1, 0.15) is 30.3 Å². The molecule has 1 aromatic heterocycles. The largest absolute Gasteiger partial charge is 0.497 e. The van der Waals surface area contributed by atoms with E-state index in [-0.39, 0.29) is 17.5 Å². The zero-order valence-corrected chi connectivity index (χ0v) is 14.4. The maximum Gasteiger partial charge on any atom is 0.321 e. The second-order valence-corrected chi connectivity index (χ2v) is 6.20. The molecule has 2 heterocycles. The summed E-state index contributed by atoms with van der Waals surface area (Å²) in [5, 5.41) is 2.90. The number of aromatic amines is 1. The maximum absolute atomic E-state index is 12.5. The van der Waals surface area contributed by atoms with E-state index in [1.807, 2.05) is 0 Å². The smallest absolute Gasteiger partial charge is 0.321 e. The Morgan fingerprint density at radius 1 is 1.36 bits per heavy atom. The number of urea groups is 1. The Bertz CT molecular complexity index is 801. The average Bonchev–Trinajstić information content (AvgIpc) is 2.61. The van der Waals surface area contributed by atoms with Crippen LogP contribution in [0, 0.1) is 6.92 Å². The molecule has 0 spiro atoms. The van der Waals surface area contributed by atoms with Crippen LogP contribution in [0.4, 0.5) is 10.5 Å². The number of methoxy groups -OCH3 is 1. The number of amides is 2. The number of ether oxygens (including phenoxy) is 1. The molecule has 0 radical (unpaired) electrons. The van der Waals surface area contributed by atoms with E-state index < -0.39 is 0 Å². The van der Waals surface area contributed by atoms with Crippen molar-refractivity contribution in [2.45, 2.75) is 25.7 Å². The summed E-state index contributed by atoms with van der Waals surface area (Å²) in [4.78, 5) is 33.0. The van der Waals surface area contributed by atoms with E-state index in [0.29, 0.717) is 18.9 Å². The molecule has 3 rings (SSSR count). The Labute approximate surface area is 146 Å². The van der Waals surface area contributed by atoms with Crippen LogP contribution in [0.5, 0.6) is 5.75 Å². The number of hydrogen-bond acceptors (Lipinski definition) is 4. The normalized spacial score (nSPS) is 17.2. The molecular formula is C18H22N4O3. The number of piperidine rings is 1. The molecule has 0 unspecified atom stereocenters. The molecule has 2 aromatic rings. The van der Waals surface area contributed by atoms with E-state index in [9.17, 15) is 9.59 Å². The predicted octanol–water partition coefficient (Wildman–Crippen LogP) is 2.50. The van der Waals surface area contributed by atoms with Gasteiger partial charge in [-0.25, -0.2) is 9.78 Å². The first-order chi connectivity index (χ1) is 12.0. The highest BCUT2D eigenvalue weighted by molar-refractivity contribution is 5.89. The number of nitrogens with one attached hydrogen (secondary N) is 2. The van der Waals surface area contributed by atoms with Gasteiger partial charge in [0.2, 0.25) is 0 Å². The number of nitrogens with zero attached hydrogens (tertiary/aromatic N) is 2. The highest BCUT2D eigenvalue weighted by atomic mass is 16.5. The van der Waals surface area contributed by atoms with Gasteiger partial charge in [-0.05, 0) is 44.0 Å². The Hall–Kier alpha value is -2.83. The van der Waals surface area contributed by atoms with E-state index in [2.05, 4.69) is 15.3 Å². The van der Waals surface area contributed by atoms with Crippen molar-refractivity contribution in [3.05, 3.63) is 52.2 Å². The third-order valence-corrected chi connectivity index (χ3v) is 4.35. The van der Waals surface area contributed by atoms with Crippen LogP contribution in [0.2, 0.25) is 0 Å². The van der Waals surface area contributed by atoms with Gasteiger partial charge in [-0.15, -0.1) is 0 Å². The monoisotopic (exact) mass is 342 g/mol. The molecule has 1 fully saturated rings. The van der Waals surface area contributed by atoms with Gasteiger partial charge in [-0.2, -0.15) is 0 Å². The lowest BCUT2D eigenvalue weighted by molar-refractivity contribution is 0.192. The first-order valence-electron chi connectivity index (χ1n) is 8.33. The standard InChI is InChI=1S/C18H22N4O3/c1-12-19-16(10-17(23)20-12)13-4-3-9-22(11-13)18(24)21-14-5-7-15(25-2)8-6-14/h5-8,10,13H,3-4,9,11H2,1-2H3,(H,21,24)(H,19,20,23)/t13-/m1/s1. The van der Waals surface area contributed by atoms with Crippen LogP contribution in [0.3, 0.4) is 0 Å². The first kappa shape index (κ1) is 17.0. The van der Waals surface area contributed by atoms with Crippen molar-refractivity contribution < 1.29 is 9.53 Å². The van der Waals surface area contributed by atoms with Crippen LogP contribution in [-0.4, -0.2) is 41.1 Å². The molecular weight excluding hydrogens is 320 g/mol. The molecule has 0 aliphatic carbocycles. The highest BCUT2D eigenvalue weighted by Gasteiger charge is 2.26. The minimum Gasteiger partial charge on any atom is -0.497 e. The number of benzene rings is 1. The number of hydrogen-bond donors (Lipinski definition) is 2. The number of likely N-dealkylation sites (tertiary alicyclic amines) is 1. The topological polar surface area (TPSA) is 87.3 Å². The number of rotatable bonds is 3. The number of H-pyrrole nitrogens is 1.